The van der Waals surface area contributed by atoms with E-state index in [0.717, 1.165) is 5.56 Å². The number of ether oxygens (including phenoxy) is 1. The number of pyridine rings is 1. The first-order valence-electron chi connectivity index (χ1n) is 8.29. The van der Waals surface area contributed by atoms with Crippen LogP contribution in [0.2, 0.25) is 0 Å². The molecule has 0 radical (unpaired) electrons. The van der Waals surface area contributed by atoms with Gasteiger partial charge in [0, 0.05) is 0 Å². The number of hydrogen-bond acceptors (Lipinski definition) is 5. The summed E-state index contributed by atoms with van der Waals surface area (Å²) in [5.41, 5.74) is 3.78. The Kier molecular flexibility index (Phi) is 5.33. The molecule has 6 nitrogen and oxygen atoms in total. The van der Waals surface area contributed by atoms with Crippen LogP contribution in [-0.2, 0) is 0 Å². The summed E-state index contributed by atoms with van der Waals surface area (Å²) in [6, 6.07) is 18.2. The van der Waals surface area contributed by atoms with Gasteiger partial charge in [-0.1, -0.05) is 18.2 Å². The van der Waals surface area contributed by atoms with E-state index in [1.807, 2.05) is 31.2 Å². The van der Waals surface area contributed by atoms with E-state index >= 15 is 0 Å². The van der Waals surface area contributed by atoms with Crippen molar-refractivity contribution in [1.82, 2.24) is 4.98 Å². The molecular weight excluding hydrogens is 340 g/mol. The zero-order valence-corrected chi connectivity index (χ0v) is 15.0. The van der Waals surface area contributed by atoms with Gasteiger partial charge in [-0.2, -0.15) is 5.26 Å². The summed E-state index contributed by atoms with van der Waals surface area (Å²) in [4.78, 5) is 16.7. The first-order valence-corrected chi connectivity index (χ1v) is 8.29. The molecule has 2 aromatic carbocycles. The number of nitrogens with zero attached hydrogens (tertiary/aromatic N) is 2. The number of aryl methyl sites for hydroxylation is 1. The normalized spacial score (nSPS) is 9.96. The Morgan fingerprint density at radius 1 is 1.11 bits per heavy atom. The topological polar surface area (TPSA) is 87.0 Å². The van der Waals surface area contributed by atoms with Crippen molar-refractivity contribution in [2.45, 2.75) is 6.92 Å². The van der Waals surface area contributed by atoms with Gasteiger partial charge in [-0.05, 0) is 48.9 Å². The monoisotopic (exact) mass is 358 g/mol. The van der Waals surface area contributed by atoms with Crippen LogP contribution in [0.3, 0.4) is 0 Å². The number of carbonyl (C=O) groups excluding carboxylic acids is 1. The number of hydrogen-bond donors (Lipinski definition) is 2. The number of rotatable bonds is 5. The maximum Gasteiger partial charge on any atom is 0.274 e. The summed E-state index contributed by atoms with van der Waals surface area (Å²) in [5, 5.41) is 15.1. The summed E-state index contributed by atoms with van der Waals surface area (Å²) < 4.78 is 5.27. The smallest absolute Gasteiger partial charge is 0.274 e. The quantitative estimate of drug-likeness (QED) is 0.711. The Morgan fingerprint density at radius 2 is 1.93 bits per heavy atom. The first kappa shape index (κ1) is 18.0. The maximum absolute atomic E-state index is 12.5. The number of carbonyl (C=O) groups is 1. The van der Waals surface area contributed by atoms with Gasteiger partial charge in [0.05, 0.1) is 35.9 Å². The van der Waals surface area contributed by atoms with Crippen molar-refractivity contribution in [2.75, 3.05) is 17.7 Å². The lowest BCUT2D eigenvalue weighted by molar-refractivity contribution is 0.102. The minimum atomic E-state index is -0.331. The van der Waals surface area contributed by atoms with E-state index in [-0.39, 0.29) is 11.6 Å². The lowest BCUT2D eigenvalue weighted by atomic mass is 10.2. The molecule has 6 heteroatoms. The average Bonchev–Trinajstić information content (AvgIpc) is 2.69. The molecule has 0 spiro atoms. The van der Waals surface area contributed by atoms with Gasteiger partial charge in [0.2, 0.25) is 0 Å². The zero-order valence-electron chi connectivity index (χ0n) is 15.0. The number of nitrogens with one attached hydrogen (secondary N) is 2. The molecule has 0 saturated heterocycles. The highest BCUT2D eigenvalue weighted by molar-refractivity contribution is 6.03. The number of anilines is 3. The van der Waals surface area contributed by atoms with Crippen LogP contribution >= 0.6 is 0 Å². The highest BCUT2D eigenvalue weighted by Gasteiger charge is 2.11. The highest BCUT2D eigenvalue weighted by atomic mass is 16.5. The SMILES string of the molecule is COc1ccc(C)cc1NC(=O)c1ccc(Nc2ccccc2C#N)cn1. The summed E-state index contributed by atoms with van der Waals surface area (Å²) >= 11 is 0. The average molecular weight is 358 g/mol. The molecule has 1 aromatic heterocycles. The summed E-state index contributed by atoms with van der Waals surface area (Å²) in [6.45, 7) is 1.94. The Morgan fingerprint density at radius 3 is 2.63 bits per heavy atom. The summed E-state index contributed by atoms with van der Waals surface area (Å²) in [5.74, 6) is 0.253. The van der Waals surface area contributed by atoms with Crippen molar-refractivity contribution in [1.29, 1.82) is 5.26 Å². The standard InChI is InChI=1S/C21H18N4O2/c1-14-7-10-20(27-2)19(11-14)25-21(26)18-9-8-16(13-23-18)24-17-6-4-3-5-15(17)12-22/h3-11,13,24H,1-2H3,(H,25,26). The van der Waals surface area contributed by atoms with Gasteiger partial charge >= 0.3 is 0 Å². The molecule has 27 heavy (non-hydrogen) atoms. The van der Waals surface area contributed by atoms with Crippen LogP contribution in [0.4, 0.5) is 17.1 Å². The molecule has 1 amide bonds. The predicted octanol–water partition coefficient (Wildman–Crippen LogP) is 4.27. The highest BCUT2D eigenvalue weighted by Crippen LogP contribution is 2.26. The Labute approximate surface area is 157 Å². The van der Waals surface area contributed by atoms with E-state index in [2.05, 4.69) is 21.7 Å². The van der Waals surface area contributed by atoms with Crippen molar-refractivity contribution in [2.24, 2.45) is 0 Å². The molecule has 0 bridgehead atoms. The number of para-hydroxylation sites is 1. The van der Waals surface area contributed by atoms with Gasteiger partial charge in [0.15, 0.2) is 0 Å². The molecule has 2 N–H and O–H groups in total. The molecule has 0 aliphatic heterocycles. The molecule has 1 heterocycles. The number of nitriles is 1. The second-order valence-corrected chi connectivity index (χ2v) is 5.87. The fourth-order valence-electron chi connectivity index (χ4n) is 2.55. The van der Waals surface area contributed by atoms with Gasteiger partial charge in [-0.25, -0.2) is 4.98 Å². The summed E-state index contributed by atoms with van der Waals surface area (Å²) in [6.07, 6.45) is 1.55. The van der Waals surface area contributed by atoms with Gasteiger partial charge in [0.25, 0.3) is 5.91 Å². The van der Waals surface area contributed by atoms with E-state index in [4.69, 9.17) is 10.00 Å². The van der Waals surface area contributed by atoms with E-state index in [0.29, 0.717) is 28.4 Å². The molecule has 0 saturated carbocycles. The number of aromatic nitrogens is 1. The van der Waals surface area contributed by atoms with Gasteiger partial charge in [0.1, 0.15) is 17.5 Å². The molecule has 0 aliphatic carbocycles. The molecule has 0 atom stereocenters. The van der Waals surface area contributed by atoms with Crippen LogP contribution in [0, 0.1) is 18.3 Å². The fraction of sp³-hybridized carbons (Fsp3) is 0.0952. The van der Waals surface area contributed by atoms with E-state index in [1.165, 1.54) is 0 Å². The van der Waals surface area contributed by atoms with E-state index < -0.39 is 0 Å². The van der Waals surface area contributed by atoms with Gasteiger partial charge in [-0.3, -0.25) is 4.79 Å². The lowest BCUT2D eigenvalue weighted by Gasteiger charge is -2.11. The minimum absolute atomic E-state index is 0.276. The van der Waals surface area contributed by atoms with Crippen molar-refractivity contribution in [3.05, 3.63) is 77.6 Å². The van der Waals surface area contributed by atoms with Crippen LogP contribution in [0.25, 0.3) is 0 Å². The molecular formula is C21H18N4O2. The van der Waals surface area contributed by atoms with Crippen molar-refractivity contribution in [3.63, 3.8) is 0 Å². The van der Waals surface area contributed by atoms with Crippen LogP contribution in [0.5, 0.6) is 5.75 Å². The predicted molar refractivity (Wildman–Crippen MR) is 104 cm³/mol. The Hall–Kier alpha value is -3.85. The van der Waals surface area contributed by atoms with Crippen molar-refractivity contribution < 1.29 is 9.53 Å². The third kappa shape index (κ3) is 4.22. The third-order valence-electron chi connectivity index (χ3n) is 3.93. The molecule has 0 aliphatic rings. The Bertz CT molecular complexity index is 1010. The second kappa shape index (κ2) is 8.02. The second-order valence-electron chi connectivity index (χ2n) is 5.87. The van der Waals surface area contributed by atoms with Crippen LogP contribution < -0.4 is 15.4 Å². The number of methoxy groups -OCH3 is 1. The molecule has 0 unspecified atom stereocenters. The Balaban J connectivity index is 1.75. The first-order chi connectivity index (χ1) is 13.1. The third-order valence-corrected chi connectivity index (χ3v) is 3.93. The van der Waals surface area contributed by atoms with Gasteiger partial charge in [-0.15, -0.1) is 0 Å². The number of benzene rings is 2. The lowest BCUT2D eigenvalue weighted by Crippen LogP contribution is -2.14. The summed E-state index contributed by atoms with van der Waals surface area (Å²) in [7, 11) is 1.55. The molecule has 3 aromatic rings. The van der Waals surface area contributed by atoms with E-state index in [1.54, 1.807) is 43.6 Å². The molecule has 3 rings (SSSR count). The van der Waals surface area contributed by atoms with Gasteiger partial charge < -0.3 is 15.4 Å². The molecule has 0 fully saturated rings. The van der Waals surface area contributed by atoms with Crippen LogP contribution in [0.15, 0.2) is 60.8 Å². The van der Waals surface area contributed by atoms with Crippen molar-refractivity contribution >= 4 is 23.0 Å². The van der Waals surface area contributed by atoms with Crippen molar-refractivity contribution in [3.8, 4) is 11.8 Å². The van der Waals surface area contributed by atoms with Crippen LogP contribution in [0.1, 0.15) is 21.6 Å². The largest absolute Gasteiger partial charge is 0.495 e. The minimum Gasteiger partial charge on any atom is -0.495 e. The van der Waals surface area contributed by atoms with Crippen LogP contribution in [-0.4, -0.2) is 18.0 Å². The zero-order chi connectivity index (χ0) is 19.2. The fourth-order valence-corrected chi connectivity index (χ4v) is 2.55. The molecule has 134 valence electrons. The van der Waals surface area contributed by atoms with E-state index in [9.17, 15) is 4.79 Å². The maximum atomic E-state index is 12.5. The number of amides is 1.